The van der Waals surface area contributed by atoms with Gasteiger partial charge >= 0.3 is 0 Å². The molecule has 5 nitrogen and oxygen atoms in total. The Hall–Kier alpha value is -2.17. The Morgan fingerprint density at radius 1 is 1.32 bits per heavy atom. The molecule has 0 bridgehead atoms. The molecule has 0 aromatic heterocycles. The summed E-state index contributed by atoms with van der Waals surface area (Å²) in [5.41, 5.74) is 1.75. The minimum Gasteiger partial charge on any atom is -0.481 e. The first-order valence-electron chi connectivity index (χ1n) is 6.11. The molecule has 1 aromatic rings. The summed E-state index contributed by atoms with van der Waals surface area (Å²) in [6.07, 6.45) is -0.551. The lowest BCUT2D eigenvalue weighted by Crippen LogP contribution is -2.38. The molecule has 0 radical (unpaired) electrons. The van der Waals surface area contributed by atoms with Crippen molar-refractivity contribution in [2.24, 2.45) is 5.10 Å². The third-order valence-corrected chi connectivity index (χ3v) is 2.80. The molecule has 0 fully saturated rings. The van der Waals surface area contributed by atoms with Gasteiger partial charge in [-0.05, 0) is 32.9 Å². The van der Waals surface area contributed by atoms with Crippen LogP contribution < -0.4 is 4.74 Å². The number of hydrazone groups is 1. The van der Waals surface area contributed by atoms with Gasteiger partial charge in [-0.1, -0.05) is 17.7 Å². The molecule has 2 rings (SSSR count). The van der Waals surface area contributed by atoms with E-state index in [1.165, 1.54) is 0 Å². The Balaban J connectivity index is 2.04. The smallest absolute Gasteiger partial charge is 0.290 e. The molecule has 0 saturated heterocycles. The predicted octanol–water partition coefficient (Wildman–Crippen LogP) is 1.90. The van der Waals surface area contributed by atoms with Crippen molar-refractivity contribution < 1.29 is 14.3 Å². The number of carbonyl (C=O) groups is 2. The highest BCUT2D eigenvalue weighted by Crippen LogP contribution is 2.16. The minimum atomic E-state index is -0.749. The summed E-state index contributed by atoms with van der Waals surface area (Å²) in [4.78, 5) is 23.6. The van der Waals surface area contributed by atoms with Crippen LogP contribution in [0, 0.1) is 6.92 Å². The van der Waals surface area contributed by atoms with Crippen molar-refractivity contribution in [2.45, 2.75) is 33.3 Å². The van der Waals surface area contributed by atoms with Crippen LogP contribution in [0.25, 0.3) is 0 Å². The van der Waals surface area contributed by atoms with Gasteiger partial charge < -0.3 is 4.74 Å². The zero-order valence-electron chi connectivity index (χ0n) is 11.2. The highest BCUT2D eigenvalue weighted by molar-refractivity contribution is 6.10. The minimum absolute atomic E-state index is 0.197. The summed E-state index contributed by atoms with van der Waals surface area (Å²) in [7, 11) is 0. The number of rotatable bonds is 3. The highest BCUT2D eigenvalue weighted by atomic mass is 16.5. The van der Waals surface area contributed by atoms with Crippen molar-refractivity contribution in [1.82, 2.24) is 5.01 Å². The van der Waals surface area contributed by atoms with E-state index in [1.807, 2.05) is 19.1 Å². The van der Waals surface area contributed by atoms with Crippen LogP contribution in [0.5, 0.6) is 5.75 Å². The van der Waals surface area contributed by atoms with E-state index >= 15 is 0 Å². The molecule has 5 heteroatoms. The number of imide groups is 1. The van der Waals surface area contributed by atoms with Crippen LogP contribution in [0.3, 0.4) is 0 Å². The molecule has 1 aromatic carbocycles. The van der Waals surface area contributed by atoms with Gasteiger partial charge in [0.1, 0.15) is 5.75 Å². The van der Waals surface area contributed by atoms with Crippen molar-refractivity contribution in [3.8, 4) is 5.75 Å². The summed E-state index contributed by atoms with van der Waals surface area (Å²) >= 11 is 0. The molecule has 1 aliphatic heterocycles. The summed E-state index contributed by atoms with van der Waals surface area (Å²) in [5, 5.41) is 4.81. The molecule has 1 unspecified atom stereocenters. The number of nitrogens with zero attached hydrogens (tertiary/aromatic N) is 2. The SMILES string of the molecule is CC1=NN(C(=O)C(C)Oc2ccc(C)cc2)C(=O)C1. The first-order chi connectivity index (χ1) is 8.97. The second-order valence-electron chi connectivity index (χ2n) is 4.63. The molecule has 100 valence electrons. The normalized spacial score (nSPS) is 16.3. The van der Waals surface area contributed by atoms with E-state index < -0.39 is 12.0 Å². The average molecular weight is 260 g/mol. The van der Waals surface area contributed by atoms with Crippen LogP contribution in [-0.2, 0) is 9.59 Å². The first-order valence-corrected chi connectivity index (χ1v) is 6.11. The number of benzene rings is 1. The number of carbonyl (C=O) groups excluding carboxylic acids is 2. The van der Waals surface area contributed by atoms with E-state index in [2.05, 4.69) is 5.10 Å². The van der Waals surface area contributed by atoms with E-state index in [0.717, 1.165) is 10.6 Å². The number of ether oxygens (including phenoxy) is 1. The fourth-order valence-corrected chi connectivity index (χ4v) is 1.77. The average Bonchev–Trinajstić information content (AvgIpc) is 2.70. The number of hydrogen-bond donors (Lipinski definition) is 0. The third kappa shape index (κ3) is 2.99. The maximum Gasteiger partial charge on any atom is 0.290 e. The van der Waals surface area contributed by atoms with Crippen molar-refractivity contribution >= 4 is 17.5 Å². The summed E-state index contributed by atoms with van der Waals surface area (Å²) in [6, 6.07) is 7.38. The molecule has 1 aliphatic rings. The van der Waals surface area contributed by atoms with Gasteiger partial charge in [-0.25, -0.2) is 0 Å². The Bertz CT molecular complexity index is 534. The lowest BCUT2D eigenvalue weighted by Gasteiger charge is -2.17. The number of amides is 2. The van der Waals surface area contributed by atoms with Gasteiger partial charge in [-0.2, -0.15) is 10.1 Å². The Kier molecular flexibility index (Phi) is 3.64. The van der Waals surface area contributed by atoms with Crippen molar-refractivity contribution in [1.29, 1.82) is 0 Å². The largest absolute Gasteiger partial charge is 0.481 e. The molecule has 19 heavy (non-hydrogen) atoms. The van der Waals surface area contributed by atoms with Gasteiger partial charge in [0.15, 0.2) is 6.10 Å². The molecule has 1 heterocycles. The van der Waals surface area contributed by atoms with Gasteiger partial charge in [0.05, 0.1) is 6.42 Å². The van der Waals surface area contributed by atoms with Crippen LogP contribution in [0.1, 0.15) is 25.8 Å². The van der Waals surface area contributed by atoms with Gasteiger partial charge in [-0.15, -0.1) is 0 Å². The number of hydrogen-bond acceptors (Lipinski definition) is 4. The Morgan fingerprint density at radius 2 is 1.95 bits per heavy atom. The monoisotopic (exact) mass is 260 g/mol. The van der Waals surface area contributed by atoms with Crippen molar-refractivity contribution in [3.63, 3.8) is 0 Å². The van der Waals surface area contributed by atoms with Gasteiger partial charge in [0.25, 0.3) is 11.8 Å². The van der Waals surface area contributed by atoms with Crippen LogP contribution in [0.15, 0.2) is 29.4 Å². The highest BCUT2D eigenvalue weighted by Gasteiger charge is 2.31. The van der Waals surface area contributed by atoms with Crippen LogP contribution in [-0.4, -0.2) is 28.6 Å². The molecular formula is C14H16N2O3. The van der Waals surface area contributed by atoms with Gasteiger partial charge in [0, 0.05) is 5.71 Å². The fraction of sp³-hybridized carbons (Fsp3) is 0.357. The summed E-state index contributed by atoms with van der Waals surface area (Å²) < 4.78 is 5.51. The second kappa shape index (κ2) is 5.22. The second-order valence-corrected chi connectivity index (χ2v) is 4.63. The van der Waals surface area contributed by atoms with E-state index in [-0.39, 0.29) is 12.3 Å². The lowest BCUT2D eigenvalue weighted by atomic mass is 10.2. The van der Waals surface area contributed by atoms with E-state index in [4.69, 9.17) is 4.74 Å². The number of aryl methyl sites for hydroxylation is 1. The maximum absolute atomic E-state index is 12.0. The van der Waals surface area contributed by atoms with E-state index in [9.17, 15) is 9.59 Å². The Labute approximate surface area is 111 Å². The topological polar surface area (TPSA) is 59.0 Å². The molecule has 0 saturated carbocycles. The quantitative estimate of drug-likeness (QED) is 0.834. The third-order valence-electron chi connectivity index (χ3n) is 2.80. The molecule has 0 spiro atoms. The van der Waals surface area contributed by atoms with Crippen LogP contribution in [0.4, 0.5) is 0 Å². The molecule has 1 atom stereocenters. The predicted molar refractivity (Wildman–Crippen MR) is 70.8 cm³/mol. The zero-order chi connectivity index (χ0) is 14.0. The first kappa shape index (κ1) is 13.3. The molecule has 2 amide bonds. The Morgan fingerprint density at radius 3 is 2.47 bits per heavy atom. The summed E-state index contributed by atoms with van der Waals surface area (Å²) in [5.74, 6) is -0.150. The van der Waals surface area contributed by atoms with Crippen LogP contribution >= 0.6 is 0 Å². The van der Waals surface area contributed by atoms with Crippen molar-refractivity contribution in [3.05, 3.63) is 29.8 Å². The van der Waals surface area contributed by atoms with Gasteiger partial charge in [-0.3, -0.25) is 9.59 Å². The molecule has 0 aliphatic carbocycles. The molecular weight excluding hydrogens is 244 g/mol. The van der Waals surface area contributed by atoms with E-state index in [0.29, 0.717) is 11.5 Å². The van der Waals surface area contributed by atoms with E-state index in [1.54, 1.807) is 26.0 Å². The zero-order valence-corrected chi connectivity index (χ0v) is 11.2. The maximum atomic E-state index is 12.0. The summed E-state index contributed by atoms with van der Waals surface area (Å²) in [6.45, 7) is 5.30. The molecule has 0 N–H and O–H groups in total. The van der Waals surface area contributed by atoms with Crippen LogP contribution in [0.2, 0.25) is 0 Å². The fourth-order valence-electron chi connectivity index (χ4n) is 1.77. The lowest BCUT2D eigenvalue weighted by molar-refractivity contribution is -0.147. The van der Waals surface area contributed by atoms with Gasteiger partial charge in [0.2, 0.25) is 0 Å². The standard InChI is InChI=1S/C14H16N2O3/c1-9-4-6-12(7-5-9)19-11(3)14(18)16-13(17)8-10(2)15-16/h4-7,11H,8H2,1-3H3. The van der Waals surface area contributed by atoms with Crippen molar-refractivity contribution in [2.75, 3.05) is 0 Å².